The van der Waals surface area contributed by atoms with Gasteiger partial charge in [0.1, 0.15) is 17.2 Å². The fourth-order valence-corrected chi connectivity index (χ4v) is 2.68. The highest BCUT2D eigenvalue weighted by atomic mass is 19.1. The molecule has 2 fully saturated rings. The molecule has 0 saturated carbocycles. The fraction of sp³-hybridized carbons (Fsp3) is 0.600. The van der Waals surface area contributed by atoms with Gasteiger partial charge in [-0.2, -0.15) is 0 Å². The van der Waals surface area contributed by atoms with E-state index in [1.54, 1.807) is 0 Å². The molecule has 3 rings (SSSR count). The van der Waals surface area contributed by atoms with Crippen LogP contribution in [-0.4, -0.2) is 25.6 Å². The maximum atomic E-state index is 13.9. The van der Waals surface area contributed by atoms with Crippen molar-refractivity contribution in [2.75, 3.05) is 13.2 Å². The van der Waals surface area contributed by atoms with E-state index in [9.17, 15) is 8.78 Å². The normalized spacial score (nSPS) is 31.1. The monoisotopic (exact) mass is 284 g/mol. The topological polar surface area (TPSA) is 31.0 Å². The smallest absolute Gasteiger partial charge is 0.158 e. The quantitative estimate of drug-likeness (QED) is 0.796. The van der Waals surface area contributed by atoms with Gasteiger partial charge in [-0.25, -0.2) is 8.78 Å². The molecule has 0 aliphatic carbocycles. The van der Waals surface area contributed by atoms with Gasteiger partial charge < -0.3 is 14.2 Å². The molecule has 1 aromatic rings. The zero-order chi connectivity index (χ0) is 14.2. The molecule has 0 spiro atoms. The van der Waals surface area contributed by atoms with Crippen LogP contribution in [0.15, 0.2) is 18.2 Å². The first-order valence-corrected chi connectivity index (χ1v) is 6.98. The molecule has 0 amide bonds. The molecule has 3 atom stereocenters. The van der Waals surface area contributed by atoms with E-state index >= 15 is 0 Å². The second-order valence-electron chi connectivity index (χ2n) is 5.38. The van der Waals surface area contributed by atoms with E-state index in [2.05, 4.69) is 0 Å². The van der Waals surface area contributed by atoms with Crippen molar-refractivity contribution >= 4 is 0 Å². The summed E-state index contributed by atoms with van der Waals surface area (Å²) in [6, 6.07) is 3.55. The molecule has 20 heavy (non-hydrogen) atoms. The number of rotatable bonds is 4. The summed E-state index contributed by atoms with van der Waals surface area (Å²) in [5.41, 5.74) is -0.458. The van der Waals surface area contributed by atoms with E-state index in [0.29, 0.717) is 18.8 Å². The molecule has 0 bridgehead atoms. The van der Waals surface area contributed by atoms with Crippen LogP contribution >= 0.6 is 0 Å². The highest BCUT2D eigenvalue weighted by Gasteiger charge is 2.54. The zero-order valence-electron chi connectivity index (χ0n) is 11.4. The molecule has 0 radical (unpaired) electrons. The third kappa shape index (κ3) is 2.57. The minimum absolute atomic E-state index is 0.261. The second-order valence-corrected chi connectivity index (χ2v) is 5.38. The van der Waals surface area contributed by atoms with Gasteiger partial charge in [-0.3, -0.25) is 0 Å². The summed E-state index contributed by atoms with van der Waals surface area (Å²) in [6.45, 7) is 2.91. The Hall–Kier alpha value is -1.04. The molecule has 1 aromatic carbocycles. The minimum atomic E-state index is -0.807. The summed E-state index contributed by atoms with van der Waals surface area (Å²) in [5.74, 6) is -1.19. The Bertz CT molecular complexity index is 482. The van der Waals surface area contributed by atoms with E-state index in [4.69, 9.17) is 14.2 Å². The van der Waals surface area contributed by atoms with E-state index in [-0.39, 0.29) is 12.4 Å². The van der Waals surface area contributed by atoms with Gasteiger partial charge in [0.2, 0.25) is 0 Å². The van der Waals surface area contributed by atoms with Crippen LogP contribution in [0.4, 0.5) is 8.78 Å². The lowest BCUT2D eigenvalue weighted by Crippen LogP contribution is -2.35. The summed E-state index contributed by atoms with van der Waals surface area (Å²) >= 11 is 0. The average molecular weight is 284 g/mol. The third-order valence-corrected chi connectivity index (χ3v) is 3.99. The highest BCUT2D eigenvalue weighted by molar-refractivity contribution is 5.30. The molecule has 110 valence electrons. The minimum Gasteiger partial charge on any atom is -0.362 e. The summed E-state index contributed by atoms with van der Waals surface area (Å²) in [5, 5.41) is 0. The van der Waals surface area contributed by atoms with Crippen molar-refractivity contribution in [3.05, 3.63) is 35.4 Å². The first-order valence-electron chi connectivity index (χ1n) is 6.98. The van der Waals surface area contributed by atoms with E-state index < -0.39 is 17.2 Å². The fourth-order valence-electron chi connectivity index (χ4n) is 2.68. The first kappa shape index (κ1) is 13.9. The molecule has 2 aliphatic heterocycles. The standard InChI is InChI=1S/C15H18F2O3/c1-10(20-14-4-2-3-7-18-14)15(9-19-15)12-6-5-11(16)8-13(12)17/h5-6,8,10,14H,2-4,7,9H2,1H3/t10?,14?,15-/m1/s1. The van der Waals surface area contributed by atoms with Crippen molar-refractivity contribution in [3.63, 3.8) is 0 Å². The second kappa shape index (κ2) is 5.39. The number of hydrogen-bond acceptors (Lipinski definition) is 3. The predicted molar refractivity (Wildman–Crippen MR) is 68.1 cm³/mol. The van der Waals surface area contributed by atoms with Crippen molar-refractivity contribution in [2.24, 2.45) is 0 Å². The van der Waals surface area contributed by atoms with Crippen molar-refractivity contribution < 1.29 is 23.0 Å². The Balaban J connectivity index is 1.74. The van der Waals surface area contributed by atoms with Crippen LogP contribution in [-0.2, 0) is 19.8 Å². The van der Waals surface area contributed by atoms with Crippen LogP contribution in [0.3, 0.4) is 0 Å². The van der Waals surface area contributed by atoms with Crippen LogP contribution in [0, 0.1) is 11.6 Å². The van der Waals surface area contributed by atoms with Gasteiger partial charge in [-0.15, -0.1) is 0 Å². The molecule has 0 aromatic heterocycles. The zero-order valence-corrected chi connectivity index (χ0v) is 11.4. The average Bonchev–Trinajstić information content (AvgIpc) is 3.21. The maximum Gasteiger partial charge on any atom is 0.158 e. The van der Waals surface area contributed by atoms with E-state index in [1.165, 1.54) is 12.1 Å². The van der Waals surface area contributed by atoms with Gasteiger partial charge in [0.15, 0.2) is 6.29 Å². The highest BCUT2D eigenvalue weighted by Crippen LogP contribution is 2.45. The number of ether oxygens (including phenoxy) is 3. The van der Waals surface area contributed by atoms with Crippen molar-refractivity contribution in [1.82, 2.24) is 0 Å². The lowest BCUT2D eigenvalue weighted by atomic mass is 9.94. The summed E-state index contributed by atoms with van der Waals surface area (Å²) in [4.78, 5) is 0. The number of benzene rings is 1. The molecule has 2 heterocycles. The molecule has 2 aliphatic rings. The molecular weight excluding hydrogens is 266 g/mol. The van der Waals surface area contributed by atoms with Crippen LogP contribution in [0.2, 0.25) is 0 Å². The summed E-state index contributed by atoms with van der Waals surface area (Å²) in [6.07, 6.45) is 2.35. The molecular formula is C15H18F2O3. The van der Waals surface area contributed by atoms with Gasteiger partial charge >= 0.3 is 0 Å². The van der Waals surface area contributed by atoms with E-state index in [0.717, 1.165) is 25.3 Å². The van der Waals surface area contributed by atoms with Gasteiger partial charge in [-0.05, 0) is 32.3 Å². The predicted octanol–water partition coefficient (Wildman–Crippen LogP) is 3.12. The number of hydrogen-bond donors (Lipinski definition) is 0. The Morgan fingerprint density at radius 3 is 2.75 bits per heavy atom. The Morgan fingerprint density at radius 1 is 1.35 bits per heavy atom. The van der Waals surface area contributed by atoms with Crippen LogP contribution in [0.1, 0.15) is 31.7 Å². The lowest BCUT2D eigenvalue weighted by Gasteiger charge is -2.29. The molecule has 3 nitrogen and oxygen atoms in total. The maximum absolute atomic E-state index is 13.9. The molecule has 5 heteroatoms. The molecule has 2 saturated heterocycles. The first-order chi connectivity index (χ1) is 9.62. The van der Waals surface area contributed by atoms with Crippen molar-refractivity contribution in [1.29, 1.82) is 0 Å². The number of halogens is 2. The van der Waals surface area contributed by atoms with Crippen LogP contribution in [0.5, 0.6) is 0 Å². The van der Waals surface area contributed by atoms with E-state index in [1.807, 2.05) is 6.92 Å². The van der Waals surface area contributed by atoms with Gasteiger partial charge in [0.25, 0.3) is 0 Å². The van der Waals surface area contributed by atoms with Crippen molar-refractivity contribution in [3.8, 4) is 0 Å². The van der Waals surface area contributed by atoms with Crippen LogP contribution < -0.4 is 0 Å². The molecule has 0 N–H and O–H groups in total. The van der Waals surface area contributed by atoms with Gasteiger partial charge in [0.05, 0.1) is 12.7 Å². The summed E-state index contributed by atoms with van der Waals surface area (Å²) < 4.78 is 43.8. The van der Waals surface area contributed by atoms with Crippen molar-refractivity contribution in [2.45, 2.75) is 44.2 Å². The largest absolute Gasteiger partial charge is 0.362 e. The van der Waals surface area contributed by atoms with Crippen LogP contribution in [0.25, 0.3) is 0 Å². The SMILES string of the molecule is CC(OC1CCCCO1)[C@@]1(c2ccc(F)cc2F)CO1. The molecule has 2 unspecified atom stereocenters. The van der Waals surface area contributed by atoms with Gasteiger partial charge in [0, 0.05) is 18.2 Å². The van der Waals surface area contributed by atoms with Gasteiger partial charge in [-0.1, -0.05) is 6.07 Å². The number of epoxide rings is 1. The Kier molecular flexibility index (Phi) is 3.75. The summed E-state index contributed by atoms with van der Waals surface area (Å²) in [7, 11) is 0. The lowest BCUT2D eigenvalue weighted by molar-refractivity contribution is -0.197. The Morgan fingerprint density at radius 2 is 2.15 bits per heavy atom. The Labute approximate surface area is 116 Å². The third-order valence-electron chi connectivity index (χ3n) is 3.99.